The van der Waals surface area contributed by atoms with Gasteiger partial charge in [0.05, 0.1) is 45.2 Å². The summed E-state index contributed by atoms with van der Waals surface area (Å²) in [7, 11) is -0.692. The van der Waals surface area contributed by atoms with E-state index in [1.54, 1.807) is 12.0 Å². The van der Waals surface area contributed by atoms with Crippen LogP contribution in [0.25, 0.3) is 0 Å². The molecule has 11 heteroatoms. The number of methoxy groups -OCH3 is 1. The summed E-state index contributed by atoms with van der Waals surface area (Å²) in [6, 6.07) is 32.0. The number of amides is 2. The molecule has 2 amide bonds. The number of aliphatic hydroxyl groups excluding tert-OH is 1. The number of nitrogens with zero attached hydrogens (tertiary/aromatic N) is 4. The fraction of sp³-hybridized carbons (Fsp3) is 0.333. The van der Waals surface area contributed by atoms with Crippen LogP contribution in [0.5, 0.6) is 5.75 Å². The van der Waals surface area contributed by atoms with E-state index < -0.39 is 13.7 Å². The average Bonchev–Trinajstić information content (AvgIpc) is 3.85. The molecule has 5 atom stereocenters. The number of ether oxygens (including phenoxy) is 2. The Morgan fingerprint density at radius 1 is 1.00 bits per heavy atom. The van der Waals surface area contributed by atoms with E-state index >= 15 is 0 Å². The molecule has 10 nitrogen and oxygen atoms in total. The second kappa shape index (κ2) is 13.7. The zero-order valence-corrected chi connectivity index (χ0v) is 31.5. The molecular weight excluding hydrogens is 683 g/mol. The third kappa shape index (κ3) is 5.87. The summed E-state index contributed by atoms with van der Waals surface area (Å²) in [4.78, 5) is 29.7. The number of hydrogen-bond acceptors (Lipinski definition) is 7. The van der Waals surface area contributed by atoms with Crippen molar-refractivity contribution < 1.29 is 24.2 Å². The van der Waals surface area contributed by atoms with Gasteiger partial charge in [0.1, 0.15) is 5.75 Å². The molecule has 53 heavy (non-hydrogen) atoms. The lowest BCUT2D eigenvalue weighted by Crippen LogP contribution is -2.51. The Bertz CT molecular complexity index is 2150. The Kier molecular flexibility index (Phi) is 9.04. The molecule has 1 spiro atoms. The summed E-state index contributed by atoms with van der Waals surface area (Å²) in [5.41, 5.74) is 4.67. The van der Waals surface area contributed by atoms with Crippen LogP contribution in [0, 0.1) is 5.92 Å². The molecule has 4 heterocycles. The van der Waals surface area contributed by atoms with Gasteiger partial charge in [0.15, 0.2) is 5.60 Å². The predicted octanol–water partition coefficient (Wildman–Crippen LogP) is 6.28. The first kappa shape index (κ1) is 35.0. The zero-order valence-electron chi connectivity index (χ0n) is 30.5. The van der Waals surface area contributed by atoms with Gasteiger partial charge in [0, 0.05) is 42.0 Å². The Morgan fingerprint density at radius 2 is 1.75 bits per heavy atom. The first-order valence-electron chi connectivity index (χ1n) is 18.4. The SMILES string of the molecule is COc1ccc([Si](C)(C)[C@H]2[C@H](CCn3cc(C(CO)c4ccccc4)nn3)O[C@@]3(C(=O)Nc4ccc(N5C(=O)CCc6ccccc65)cc43)[C@@H]2C)cc1. The van der Waals surface area contributed by atoms with E-state index in [4.69, 9.17) is 9.47 Å². The van der Waals surface area contributed by atoms with Crippen LogP contribution in [0.3, 0.4) is 0 Å². The van der Waals surface area contributed by atoms with Gasteiger partial charge in [-0.1, -0.05) is 91.1 Å². The number of benzene rings is 4. The highest BCUT2D eigenvalue weighted by Gasteiger charge is 2.64. The van der Waals surface area contributed by atoms with Crippen LogP contribution in [-0.4, -0.2) is 59.8 Å². The van der Waals surface area contributed by atoms with E-state index in [0.29, 0.717) is 37.2 Å². The molecule has 1 fully saturated rings. The maximum atomic E-state index is 14.4. The summed E-state index contributed by atoms with van der Waals surface area (Å²) in [5, 5.41) is 23.6. The number of para-hydroxylation sites is 1. The monoisotopic (exact) mass is 727 g/mol. The van der Waals surface area contributed by atoms with Gasteiger partial charge in [0.25, 0.3) is 5.91 Å². The number of rotatable bonds is 10. The number of nitrogens with one attached hydrogen (secondary N) is 1. The number of aryl methyl sites for hydroxylation is 2. The molecule has 1 aromatic heterocycles. The van der Waals surface area contributed by atoms with Crippen molar-refractivity contribution in [3.63, 3.8) is 0 Å². The maximum absolute atomic E-state index is 14.4. The number of fused-ring (bicyclic) bond motifs is 3. The smallest absolute Gasteiger partial charge is 0.261 e. The molecule has 3 aliphatic heterocycles. The molecule has 8 rings (SSSR count). The van der Waals surface area contributed by atoms with E-state index in [2.05, 4.69) is 53.8 Å². The van der Waals surface area contributed by atoms with Crippen molar-refractivity contribution in [3.05, 3.63) is 126 Å². The number of anilines is 3. The molecule has 3 aliphatic rings. The minimum absolute atomic E-state index is 0.0297. The Morgan fingerprint density at radius 3 is 2.51 bits per heavy atom. The number of aliphatic hydroxyl groups is 1. The van der Waals surface area contributed by atoms with Gasteiger partial charge in [-0.15, -0.1) is 5.10 Å². The van der Waals surface area contributed by atoms with Crippen LogP contribution >= 0.6 is 0 Å². The predicted molar refractivity (Wildman–Crippen MR) is 207 cm³/mol. The third-order valence-corrected chi connectivity index (χ3v) is 16.2. The minimum atomic E-state index is -2.36. The van der Waals surface area contributed by atoms with Crippen molar-refractivity contribution >= 4 is 42.1 Å². The quantitative estimate of drug-likeness (QED) is 0.163. The Balaban J connectivity index is 1.16. The first-order valence-corrected chi connectivity index (χ1v) is 21.5. The lowest BCUT2D eigenvalue weighted by Gasteiger charge is -2.37. The highest BCUT2D eigenvalue weighted by molar-refractivity contribution is 6.91. The third-order valence-electron chi connectivity index (χ3n) is 11.9. The topological polar surface area (TPSA) is 119 Å². The molecule has 1 unspecified atom stereocenters. The normalized spacial score (nSPS) is 22.8. The van der Waals surface area contributed by atoms with Crippen molar-refractivity contribution in [1.29, 1.82) is 0 Å². The van der Waals surface area contributed by atoms with E-state index in [9.17, 15) is 14.7 Å². The van der Waals surface area contributed by atoms with Crippen LogP contribution in [-0.2, 0) is 32.9 Å². The zero-order chi connectivity index (χ0) is 36.9. The first-order chi connectivity index (χ1) is 25.6. The van der Waals surface area contributed by atoms with Crippen molar-refractivity contribution in [2.24, 2.45) is 5.92 Å². The maximum Gasteiger partial charge on any atom is 0.261 e. The van der Waals surface area contributed by atoms with Crippen LogP contribution in [0.15, 0.2) is 103 Å². The van der Waals surface area contributed by atoms with Crippen molar-refractivity contribution in [2.75, 3.05) is 23.9 Å². The number of carbonyl (C=O) groups is 2. The van der Waals surface area contributed by atoms with Crippen LogP contribution in [0.1, 0.15) is 48.1 Å². The summed E-state index contributed by atoms with van der Waals surface area (Å²) in [6.45, 7) is 7.31. The highest BCUT2D eigenvalue weighted by atomic mass is 28.3. The molecule has 0 saturated carbocycles. The van der Waals surface area contributed by atoms with Gasteiger partial charge in [-0.3, -0.25) is 19.2 Å². The van der Waals surface area contributed by atoms with Gasteiger partial charge in [-0.2, -0.15) is 0 Å². The van der Waals surface area contributed by atoms with Gasteiger partial charge >= 0.3 is 0 Å². The second-order valence-electron chi connectivity index (χ2n) is 15.0. The fourth-order valence-corrected chi connectivity index (χ4v) is 13.2. The van der Waals surface area contributed by atoms with Crippen LogP contribution < -0.4 is 20.1 Å². The van der Waals surface area contributed by atoms with Gasteiger partial charge in [0.2, 0.25) is 5.91 Å². The van der Waals surface area contributed by atoms with E-state index in [1.165, 1.54) is 5.19 Å². The fourth-order valence-electron chi connectivity index (χ4n) is 9.14. The van der Waals surface area contributed by atoms with Crippen LogP contribution in [0.2, 0.25) is 18.6 Å². The van der Waals surface area contributed by atoms with Crippen molar-refractivity contribution in [3.8, 4) is 5.75 Å². The van der Waals surface area contributed by atoms with Gasteiger partial charge < -0.3 is 19.9 Å². The minimum Gasteiger partial charge on any atom is -0.497 e. The van der Waals surface area contributed by atoms with Crippen molar-refractivity contribution in [2.45, 2.75) is 69.0 Å². The second-order valence-corrected chi connectivity index (χ2v) is 19.7. The van der Waals surface area contributed by atoms with Crippen molar-refractivity contribution in [1.82, 2.24) is 15.0 Å². The van der Waals surface area contributed by atoms with E-state index in [1.807, 2.05) is 89.7 Å². The number of hydrogen-bond donors (Lipinski definition) is 2. The molecule has 0 radical (unpaired) electrons. The Labute approximate surface area is 310 Å². The molecule has 2 N–H and O–H groups in total. The van der Waals surface area contributed by atoms with Crippen LogP contribution in [0.4, 0.5) is 17.1 Å². The summed E-state index contributed by atoms with van der Waals surface area (Å²) in [5.74, 6) is 0.178. The molecule has 272 valence electrons. The average molecular weight is 728 g/mol. The largest absolute Gasteiger partial charge is 0.497 e. The van der Waals surface area contributed by atoms with Gasteiger partial charge in [-0.05, 0) is 65.9 Å². The number of aromatic nitrogens is 3. The molecule has 0 aliphatic carbocycles. The standard InChI is InChI=1S/C42H45N5O5Si/c1-27-40(53(3,4)32-18-16-31(51-2)17-19-32)38(22-23-46-25-36(44-45-46)33(26-48)28-10-6-5-7-11-28)52-42(27)34-24-30(15-20-35(34)43-41(42)50)47-37-13-9-8-12-29(37)14-21-39(47)49/h5-13,15-20,24-25,27,33,38,40,48H,14,21-23,26H2,1-4H3,(H,43,50)/t27-,33?,38+,40-,42+/m1/s1. The molecule has 4 aromatic carbocycles. The summed E-state index contributed by atoms with van der Waals surface area (Å²) in [6.07, 6.45) is 3.34. The highest BCUT2D eigenvalue weighted by Crippen LogP contribution is 2.59. The molecule has 1 saturated heterocycles. The van der Waals surface area contributed by atoms with E-state index in [-0.39, 0.29) is 41.9 Å². The molecule has 5 aromatic rings. The lowest BCUT2D eigenvalue weighted by molar-refractivity contribution is -0.143. The summed E-state index contributed by atoms with van der Waals surface area (Å²) >= 11 is 0. The number of carbonyl (C=O) groups excluding carboxylic acids is 2. The molecular formula is C42H45N5O5Si. The molecule has 0 bridgehead atoms. The van der Waals surface area contributed by atoms with Gasteiger partial charge in [-0.25, -0.2) is 0 Å². The Hall–Kier alpha value is -5.10. The van der Waals surface area contributed by atoms with E-state index in [0.717, 1.165) is 33.8 Å². The summed E-state index contributed by atoms with van der Waals surface area (Å²) < 4.78 is 14.5. The lowest BCUT2D eigenvalue weighted by atomic mass is 9.82.